The largest absolute Gasteiger partial charge is 1.00 e. The van der Waals surface area contributed by atoms with Gasteiger partial charge in [0.25, 0.3) is 0 Å². The van der Waals surface area contributed by atoms with Crippen LogP contribution in [0, 0.1) is 5.92 Å². The molecule has 1 atom stereocenters. The zero-order valence-electron chi connectivity index (χ0n) is 11.0. The van der Waals surface area contributed by atoms with Crippen LogP contribution in [0.5, 0.6) is 0 Å². The van der Waals surface area contributed by atoms with E-state index in [4.69, 9.17) is 11.1 Å². The molecule has 0 aromatic carbocycles. The predicted octanol–water partition coefficient (Wildman–Crippen LogP) is -0.726. The second-order valence-corrected chi connectivity index (χ2v) is 4.66. The van der Waals surface area contributed by atoms with E-state index in [0.717, 1.165) is 6.42 Å². The van der Waals surface area contributed by atoms with Crippen LogP contribution < -0.4 is 35.1 Å². The summed E-state index contributed by atoms with van der Waals surface area (Å²) in [6, 6.07) is 0. The number of nitrogens with two attached hydrogens (primary N) is 2. The molecule has 0 rings (SSSR count). The summed E-state index contributed by atoms with van der Waals surface area (Å²) in [5.74, 6) is 0.989. The highest BCUT2D eigenvalue weighted by Crippen LogP contribution is 2.12. The van der Waals surface area contributed by atoms with Crippen molar-refractivity contribution in [3.05, 3.63) is 0 Å². The summed E-state index contributed by atoms with van der Waals surface area (Å²) in [6.45, 7) is 4.37. The fourth-order valence-electron chi connectivity index (χ4n) is 1.75. The summed E-state index contributed by atoms with van der Waals surface area (Å²) < 4.78 is 0. The van der Waals surface area contributed by atoms with Gasteiger partial charge in [-0.1, -0.05) is 65.2 Å². The van der Waals surface area contributed by atoms with E-state index in [1.807, 2.05) is 0 Å². The predicted molar refractivity (Wildman–Crippen MR) is 67.5 cm³/mol. The van der Waals surface area contributed by atoms with Crippen LogP contribution in [0.2, 0.25) is 0 Å². The van der Waals surface area contributed by atoms with Crippen LogP contribution in [0.15, 0.2) is 0 Å². The van der Waals surface area contributed by atoms with Crippen molar-refractivity contribution in [2.45, 2.75) is 71.6 Å². The van der Waals surface area contributed by atoms with Gasteiger partial charge >= 0.3 is 0 Å². The number of halogens is 1. The Labute approximate surface area is 118 Å². The van der Waals surface area contributed by atoms with Crippen LogP contribution in [0.4, 0.5) is 0 Å². The average Bonchev–Trinajstić information content (AvgIpc) is 2.21. The van der Waals surface area contributed by atoms with Crippen LogP contribution in [0.25, 0.3) is 0 Å². The molecule has 0 saturated carbocycles. The first-order valence-electron chi connectivity index (χ1n) is 6.56. The minimum absolute atomic E-state index is 0. The Balaban J connectivity index is 0. The van der Waals surface area contributed by atoms with Gasteiger partial charge < -0.3 is 24.0 Å². The topological polar surface area (TPSA) is 51.6 Å². The lowest BCUT2D eigenvalue weighted by Crippen LogP contribution is -3.00. The van der Waals surface area contributed by atoms with Crippen LogP contribution in [-0.2, 0) is 0 Å². The first-order chi connectivity index (χ1) is 7.18. The molecule has 0 radical (unpaired) electrons. The Morgan fingerprint density at radius 1 is 1.00 bits per heavy atom. The average molecular weight is 340 g/mol. The van der Waals surface area contributed by atoms with Gasteiger partial charge in [0, 0.05) is 0 Å². The van der Waals surface area contributed by atoms with Crippen LogP contribution >= 0.6 is 0 Å². The zero-order valence-corrected chi connectivity index (χ0v) is 13.1. The van der Waals surface area contributed by atoms with Crippen molar-refractivity contribution in [2.75, 3.05) is 0 Å². The number of hydrogen-bond donors (Lipinski definition) is 2. The van der Waals surface area contributed by atoms with E-state index in [-0.39, 0.29) is 24.0 Å². The molecule has 0 aliphatic rings. The molecule has 0 aromatic rings. The fourth-order valence-corrected chi connectivity index (χ4v) is 1.75. The number of rotatable bonds is 10. The van der Waals surface area contributed by atoms with E-state index in [9.17, 15) is 0 Å². The highest BCUT2D eigenvalue weighted by Gasteiger charge is 2.08. The van der Waals surface area contributed by atoms with Crippen LogP contribution in [-0.4, -0.2) is 5.84 Å². The maximum absolute atomic E-state index is 5.53. The van der Waals surface area contributed by atoms with Crippen molar-refractivity contribution in [1.29, 1.82) is 0 Å². The van der Waals surface area contributed by atoms with Gasteiger partial charge in [0.2, 0.25) is 5.84 Å². The van der Waals surface area contributed by atoms with Crippen molar-refractivity contribution < 1.29 is 29.4 Å². The van der Waals surface area contributed by atoms with Gasteiger partial charge in [-0.2, -0.15) is 0 Å². The Kier molecular flexibility index (Phi) is 15.4. The third kappa shape index (κ3) is 12.3. The molecule has 0 saturated heterocycles. The minimum Gasteiger partial charge on any atom is -1.00 e. The Bertz CT molecular complexity index is 160. The molecule has 1 unspecified atom stereocenters. The summed E-state index contributed by atoms with van der Waals surface area (Å²) in [6.07, 6.45) is 12.1. The van der Waals surface area contributed by atoms with Gasteiger partial charge in [0.15, 0.2) is 0 Å². The van der Waals surface area contributed by atoms with E-state index in [1.54, 1.807) is 0 Å². The first kappa shape index (κ1) is 18.6. The number of unbranched alkanes of at least 4 members (excludes halogenated alkanes) is 7. The summed E-state index contributed by atoms with van der Waals surface area (Å²) in [5, 5.41) is 5.53. The summed E-state index contributed by atoms with van der Waals surface area (Å²) in [7, 11) is 0. The van der Waals surface area contributed by atoms with Crippen LogP contribution in [0.1, 0.15) is 71.6 Å². The molecule has 98 valence electrons. The molecule has 3 heteroatoms. The quantitative estimate of drug-likeness (QED) is 0.234. The van der Waals surface area contributed by atoms with Gasteiger partial charge in [0.1, 0.15) is 0 Å². The van der Waals surface area contributed by atoms with Crippen molar-refractivity contribution in [2.24, 2.45) is 11.7 Å². The maximum Gasteiger partial charge on any atom is 0.241 e. The molecule has 0 aromatic heterocycles. The van der Waals surface area contributed by atoms with E-state index >= 15 is 0 Å². The standard InChI is InChI=1S/C13H28N2.HI/c1-3-4-5-6-7-8-9-10-11-12(2)13(14)15;/h12H,3-11H2,1-2H3,(H3,14,15);1H. The third-order valence-electron chi connectivity index (χ3n) is 3.06. The summed E-state index contributed by atoms with van der Waals surface area (Å²) in [5.41, 5.74) is 5.53. The van der Waals surface area contributed by atoms with Gasteiger partial charge in [-0.15, -0.1) is 0 Å². The molecule has 2 nitrogen and oxygen atoms in total. The molecule has 16 heavy (non-hydrogen) atoms. The fraction of sp³-hybridized carbons (Fsp3) is 0.923. The lowest BCUT2D eigenvalue weighted by molar-refractivity contribution is -0.121. The molecular weight excluding hydrogens is 311 g/mol. The molecule has 0 amide bonds. The highest BCUT2D eigenvalue weighted by atomic mass is 127. The van der Waals surface area contributed by atoms with E-state index in [1.165, 1.54) is 51.4 Å². The van der Waals surface area contributed by atoms with Crippen LogP contribution in [0.3, 0.4) is 0 Å². The van der Waals surface area contributed by atoms with Crippen molar-refractivity contribution in [1.82, 2.24) is 0 Å². The van der Waals surface area contributed by atoms with Gasteiger partial charge in [-0.05, 0) is 6.42 Å². The Morgan fingerprint density at radius 3 is 1.88 bits per heavy atom. The number of amidine groups is 1. The first-order valence-corrected chi connectivity index (χ1v) is 6.56. The lowest BCUT2D eigenvalue weighted by Gasteiger charge is -2.05. The molecular formula is C13H29IN2. The van der Waals surface area contributed by atoms with Gasteiger partial charge in [-0.25, -0.2) is 0 Å². The molecule has 0 heterocycles. The summed E-state index contributed by atoms with van der Waals surface area (Å²) in [4.78, 5) is 0. The molecule has 4 N–H and O–H groups in total. The van der Waals surface area contributed by atoms with E-state index < -0.39 is 0 Å². The van der Waals surface area contributed by atoms with Crippen molar-refractivity contribution >= 4 is 5.84 Å². The monoisotopic (exact) mass is 340 g/mol. The zero-order chi connectivity index (χ0) is 11.5. The smallest absolute Gasteiger partial charge is 0.241 e. The lowest BCUT2D eigenvalue weighted by atomic mass is 10.0. The Morgan fingerprint density at radius 2 is 1.44 bits per heavy atom. The molecule has 0 fully saturated rings. The van der Waals surface area contributed by atoms with Crippen molar-refractivity contribution in [3.63, 3.8) is 0 Å². The Hall–Kier alpha value is 0.200. The normalized spacial score (nSPS) is 11.9. The maximum atomic E-state index is 5.53. The summed E-state index contributed by atoms with van der Waals surface area (Å²) >= 11 is 0. The van der Waals surface area contributed by atoms with Gasteiger partial charge in [0.05, 0.1) is 5.92 Å². The van der Waals surface area contributed by atoms with Gasteiger partial charge in [-0.3, -0.25) is 11.1 Å². The molecule has 0 aliphatic heterocycles. The second kappa shape index (κ2) is 13.3. The van der Waals surface area contributed by atoms with Crippen molar-refractivity contribution in [3.8, 4) is 0 Å². The molecule has 0 spiro atoms. The number of hydrogen-bond acceptors (Lipinski definition) is 0. The molecule has 0 aliphatic carbocycles. The SMILES string of the molecule is CCCCCCCCCCC(C)C(N)=[NH2+].[I-]. The van der Waals surface area contributed by atoms with E-state index in [2.05, 4.69) is 13.8 Å². The highest BCUT2D eigenvalue weighted by molar-refractivity contribution is 5.76. The second-order valence-electron chi connectivity index (χ2n) is 4.66. The minimum atomic E-state index is 0. The third-order valence-corrected chi connectivity index (χ3v) is 3.06. The van der Waals surface area contributed by atoms with E-state index in [0.29, 0.717) is 11.8 Å². The molecule has 0 bridgehead atoms.